The second kappa shape index (κ2) is 7.90. The van der Waals surface area contributed by atoms with Crippen LogP contribution in [0.25, 0.3) is 10.2 Å². The SMILES string of the molecule is CS(=O)(=O)Nc1ccc2nc(SCC(=O)NC[C@@H]3CCCO3)sc2c1. The van der Waals surface area contributed by atoms with E-state index in [0.29, 0.717) is 18.0 Å². The molecule has 1 fully saturated rings. The van der Waals surface area contributed by atoms with Gasteiger partial charge in [0.2, 0.25) is 15.9 Å². The molecule has 7 nitrogen and oxygen atoms in total. The summed E-state index contributed by atoms with van der Waals surface area (Å²) in [4.78, 5) is 16.4. The molecule has 2 N–H and O–H groups in total. The van der Waals surface area contributed by atoms with E-state index in [1.165, 1.54) is 23.1 Å². The van der Waals surface area contributed by atoms with E-state index in [1.54, 1.807) is 18.2 Å². The number of amides is 1. The molecular formula is C15H19N3O4S3. The molecule has 1 aliphatic rings. The van der Waals surface area contributed by atoms with Gasteiger partial charge in [0.1, 0.15) is 0 Å². The Morgan fingerprint density at radius 3 is 3.04 bits per heavy atom. The number of nitrogens with one attached hydrogen (secondary N) is 2. The number of thioether (sulfide) groups is 1. The molecule has 3 rings (SSSR count). The fourth-order valence-electron chi connectivity index (χ4n) is 2.45. The molecule has 1 aromatic carbocycles. The van der Waals surface area contributed by atoms with Gasteiger partial charge in [0, 0.05) is 13.2 Å². The first-order valence-electron chi connectivity index (χ1n) is 7.78. The molecule has 0 unspecified atom stereocenters. The predicted octanol–water partition coefficient (Wildman–Crippen LogP) is 2.06. The highest BCUT2D eigenvalue weighted by atomic mass is 32.2. The van der Waals surface area contributed by atoms with Crippen LogP contribution in [0.1, 0.15) is 12.8 Å². The normalized spacial score (nSPS) is 17.7. The zero-order valence-electron chi connectivity index (χ0n) is 13.6. The number of ether oxygens (including phenoxy) is 1. The Morgan fingerprint density at radius 1 is 1.48 bits per heavy atom. The van der Waals surface area contributed by atoms with Gasteiger partial charge in [-0.15, -0.1) is 11.3 Å². The van der Waals surface area contributed by atoms with Crippen molar-refractivity contribution in [2.24, 2.45) is 0 Å². The van der Waals surface area contributed by atoms with Gasteiger partial charge in [0.15, 0.2) is 4.34 Å². The number of carbonyl (C=O) groups excluding carboxylic acids is 1. The maximum Gasteiger partial charge on any atom is 0.230 e. The Bertz CT molecular complexity index is 860. The summed E-state index contributed by atoms with van der Waals surface area (Å²) >= 11 is 2.81. The van der Waals surface area contributed by atoms with Crippen LogP contribution in [0.4, 0.5) is 5.69 Å². The number of thiazole rings is 1. The minimum Gasteiger partial charge on any atom is -0.376 e. The summed E-state index contributed by atoms with van der Waals surface area (Å²) in [6, 6.07) is 5.18. The summed E-state index contributed by atoms with van der Waals surface area (Å²) in [5.41, 5.74) is 1.29. The number of benzene rings is 1. The van der Waals surface area contributed by atoms with Gasteiger partial charge in [-0.3, -0.25) is 9.52 Å². The molecule has 2 aromatic rings. The fourth-order valence-corrected chi connectivity index (χ4v) is 4.95. The van der Waals surface area contributed by atoms with E-state index in [0.717, 1.165) is 40.3 Å². The van der Waals surface area contributed by atoms with Crippen LogP contribution < -0.4 is 10.0 Å². The first-order valence-corrected chi connectivity index (χ1v) is 11.5. The Balaban J connectivity index is 1.55. The molecule has 1 atom stereocenters. The van der Waals surface area contributed by atoms with Crippen molar-refractivity contribution in [1.29, 1.82) is 0 Å². The first-order chi connectivity index (χ1) is 11.9. The topological polar surface area (TPSA) is 97.4 Å². The van der Waals surface area contributed by atoms with Crippen LogP contribution in [-0.2, 0) is 19.6 Å². The van der Waals surface area contributed by atoms with Gasteiger partial charge < -0.3 is 10.1 Å². The molecule has 0 aliphatic carbocycles. The van der Waals surface area contributed by atoms with Gasteiger partial charge in [0.25, 0.3) is 0 Å². The lowest BCUT2D eigenvalue weighted by Gasteiger charge is -2.09. The average molecular weight is 402 g/mol. The lowest BCUT2D eigenvalue weighted by atomic mass is 10.2. The van der Waals surface area contributed by atoms with Crippen LogP contribution >= 0.6 is 23.1 Å². The van der Waals surface area contributed by atoms with Crippen molar-refractivity contribution in [3.63, 3.8) is 0 Å². The van der Waals surface area contributed by atoms with Gasteiger partial charge in [0.05, 0.1) is 34.0 Å². The van der Waals surface area contributed by atoms with Gasteiger partial charge in [-0.1, -0.05) is 11.8 Å². The van der Waals surface area contributed by atoms with Crippen molar-refractivity contribution in [3.8, 4) is 0 Å². The molecule has 1 aliphatic heterocycles. The number of hydrogen-bond acceptors (Lipinski definition) is 7. The molecule has 136 valence electrons. The number of sulfonamides is 1. The molecule has 25 heavy (non-hydrogen) atoms. The van der Waals surface area contributed by atoms with Crippen LogP contribution in [0.3, 0.4) is 0 Å². The molecule has 0 spiro atoms. The molecule has 1 amide bonds. The highest BCUT2D eigenvalue weighted by Gasteiger charge is 2.16. The number of hydrogen-bond donors (Lipinski definition) is 2. The summed E-state index contributed by atoms with van der Waals surface area (Å²) in [7, 11) is -3.31. The second-order valence-corrected chi connectivity index (χ2v) is 9.77. The lowest BCUT2D eigenvalue weighted by molar-refractivity contribution is -0.119. The Labute approximate surface area is 154 Å². The zero-order chi connectivity index (χ0) is 17.9. The summed E-state index contributed by atoms with van der Waals surface area (Å²) < 4.78 is 32.2. The number of anilines is 1. The lowest BCUT2D eigenvalue weighted by Crippen LogP contribution is -2.32. The van der Waals surface area contributed by atoms with Crippen LogP contribution in [-0.4, -0.2) is 50.6 Å². The van der Waals surface area contributed by atoms with Crippen molar-refractivity contribution in [2.75, 3.05) is 29.9 Å². The summed E-state index contributed by atoms with van der Waals surface area (Å²) in [6.45, 7) is 1.33. The van der Waals surface area contributed by atoms with Gasteiger partial charge in [-0.05, 0) is 31.0 Å². The van der Waals surface area contributed by atoms with Crippen LogP contribution in [0.2, 0.25) is 0 Å². The second-order valence-electron chi connectivity index (χ2n) is 5.76. The van der Waals surface area contributed by atoms with Crippen molar-refractivity contribution in [2.45, 2.75) is 23.3 Å². The smallest absolute Gasteiger partial charge is 0.230 e. The standard InChI is InChI=1S/C15H19N3O4S3/c1-25(20,21)18-10-4-5-12-13(7-10)24-15(17-12)23-9-14(19)16-8-11-3-2-6-22-11/h4-5,7,11,18H,2-3,6,8-9H2,1H3,(H,16,19)/t11-/m0/s1. The molecular weight excluding hydrogens is 382 g/mol. The molecule has 1 aromatic heterocycles. The number of aromatic nitrogens is 1. The van der Waals surface area contributed by atoms with Crippen molar-refractivity contribution < 1.29 is 17.9 Å². The number of rotatable bonds is 7. The monoisotopic (exact) mass is 401 g/mol. The predicted molar refractivity (Wildman–Crippen MR) is 101 cm³/mol. The van der Waals surface area contributed by atoms with Crippen LogP contribution in [0.15, 0.2) is 22.5 Å². The Hall–Kier alpha value is -1.36. The largest absolute Gasteiger partial charge is 0.376 e. The van der Waals surface area contributed by atoms with Gasteiger partial charge in [-0.2, -0.15) is 0 Å². The van der Waals surface area contributed by atoms with Crippen LogP contribution in [0.5, 0.6) is 0 Å². The van der Waals surface area contributed by atoms with Crippen LogP contribution in [0, 0.1) is 0 Å². The molecule has 2 heterocycles. The molecule has 10 heteroatoms. The maximum absolute atomic E-state index is 11.9. The quantitative estimate of drug-likeness (QED) is 0.689. The molecule has 0 bridgehead atoms. The Kier molecular flexibility index (Phi) is 5.82. The van der Waals surface area contributed by atoms with E-state index in [9.17, 15) is 13.2 Å². The van der Waals surface area contributed by atoms with Gasteiger partial charge >= 0.3 is 0 Å². The number of carbonyl (C=O) groups is 1. The summed E-state index contributed by atoms with van der Waals surface area (Å²) in [6.07, 6.45) is 3.30. The maximum atomic E-state index is 11.9. The zero-order valence-corrected chi connectivity index (χ0v) is 16.1. The summed E-state index contributed by atoms with van der Waals surface area (Å²) in [5, 5.41) is 2.88. The minimum atomic E-state index is -3.31. The third-order valence-electron chi connectivity index (χ3n) is 3.55. The third-order valence-corrected chi connectivity index (χ3v) is 6.32. The third kappa shape index (κ3) is 5.56. The number of fused-ring (bicyclic) bond motifs is 1. The fraction of sp³-hybridized carbons (Fsp3) is 0.467. The summed E-state index contributed by atoms with van der Waals surface area (Å²) in [5.74, 6) is 0.250. The minimum absolute atomic E-state index is 0.0424. The van der Waals surface area contributed by atoms with E-state index in [2.05, 4.69) is 15.0 Å². The van der Waals surface area contributed by atoms with Gasteiger partial charge in [-0.25, -0.2) is 13.4 Å². The van der Waals surface area contributed by atoms with E-state index >= 15 is 0 Å². The van der Waals surface area contributed by atoms with Crippen molar-refractivity contribution in [1.82, 2.24) is 10.3 Å². The Morgan fingerprint density at radius 2 is 2.32 bits per heavy atom. The number of nitrogens with zero attached hydrogens (tertiary/aromatic N) is 1. The molecule has 0 radical (unpaired) electrons. The van der Waals surface area contributed by atoms with E-state index < -0.39 is 10.0 Å². The van der Waals surface area contributed by atoms with E-state index in [4.69, 9.17) is 4.74 Å². The highest BCUT2D eigenvalue weighted by molar-refractivity contribution is 8.01. The van der Waals surface area contributed by atoms with E-state index in [-0.39, 0.29) is 12.0 Å². The molecule has 0 saturated carbocycles. The molecule has 1 saturated heterocycles. The van der Waals surface area contributed by atoms with Crippen molar-refractivity contribution >= 4 is 54.9 Å². The van der Waals surface area contributed by atoms with Crippen molar-refractivity contribution in [3.05, 3.63) is 18.2 Å². The van der Waals surface area contributed by atoms with E-state index in [1.807, 2.05) is 0 Å². The average Bonchev–Trinajstić information content (AvgIpc) is 3.18. The highest BCUT2D eigenvalue weighted by Crippen LogP contribution is 2.31. The first kappa shape index (κ1) is 18.4.